The van der Waals surface area contributed by atoms with Gasteiger partial charge in [-0.05, 0) is 40.2 Å². The summed E-state index contributed by atoms with van der Waals surface area (Å²) in [5.41, 5.74) is 6.01. The number of carbonyl (C=O) groups is 2. The number of rotatable bonds is 3. The number of pyridine rings is 1. The quantitative estimate of drug-likeness (QED) is 0.561. The number of fused-ring (bicyclic) bond motifs is 1. The minimum absolute atomic E-state index is 0.214. The number of hydrogen-bond acceptors (Lipinski definition) is 4. The molecule has 0 unspecified atom stereocenters. The Morgan fingerprint density at radius 3 is 2.79 bits per heavy atom. The molecular formula is C14H11BrClN5O2S. The second kappa shape index (κ2) is 7.20. The molecule has 0 radical (unpaired) electrons. The molecule has 0 aliphatic heterocycles. The molecule has 3 amide bonds. The van der Waals surface area contributed by atoms with E-state index in [0.29, 0.717) is 15.6 Å². The van der Waals surface area contributed by atoms with Crippen LogP contribution in [0.25, 0.3) is 5.65 Å². The number of nitrogens with one attached hydrogen (secondary N) is 3. The molecule has 3 aromatic rings. The Hall–Kier alpha value is -2.10. The van der Waals surface area contributed by atoms with Crippen LogP contribution in [0.4, 0.5) is 4.79 Å². The minimum Gasteiger partial charge on any atom is -0.331 e. The number of amides is 3. The van der Waals surface area contributed by atoms with Crippen LogP contribution in [0, 0.1) is 0 Å². The number of hydrazine groups is 1. The van der Waals surface area contributed by atoms with Crippen molar-refractivity contribution in [1.29, 1.82) is 0 Å². The Labute approximate surface area is 154 Å². The van der Waals surface area contributed by atoms with Gasteiger partial charge in [-0.1, -0.05) is 11.6 Å². The van der Waals surface area contributed by atoms with E-state index in [1.54, 1.807) is 41.1 Å². The third-order valence-corrected chi connectivity index (χ3v) is 4.83. The van der Waals surface area contributed by atoms with Gasteiger partial charge in [-0.2, -0.15) is 0 Å². The summed E-state index contributed by atoms with van der Waals surface area (Å²) in [5, 5.41) is 3.20. The van der Waals surface area contributed by atoms with Crippen molar-refractivity contribution >= 4 is 56.5 Å². The van der Waals surface area contributed by atoms with E-state index in [9.17, 15) is 9.59 Å². The normalized spacial score (nSPS) is 10.6. The average Bonchev–Trinajstić information content (AvgIpc) is 3.16. The molecule has 0 saturated heterocycles. The Kier molecular flexibility index (Phi) is 5.03. The van der Waals surface area contributed by atoms with Crippen molar-refractivity contribution < 1.29 is 9.59 Å². The minimum atomic E-state index is -0.533. The van der Waals surface area contributed by atoms with Crippen LogP contribution in [0.15, 0.2) is 40.4 Å². The molecule has 3 rings (SSSR count). The summed E-state index contributed by atoms with van der Waals surface area (Å²) in [6.07, 6.45) is 3.50. The van der Waals surface area contributed by atoms with Gasteiger partial charge in [0.05, 0.1) is 25.9 Å². The van der Waals surface area contributed by atoms with Crippen LogP contribution in [-0.4, -0.2) is 21.3 Å². The predicted molar refractivity (Wildman–Crippen MR) is 95.1 cm³/mol. The highest BCUT2D eigenvalue weighted by molar-refractivity contribution is 9.11. The summed E-state index contributed by atoms with van der Waals surface area (Å²) in [5.74, 6) is -0.386. The van der Waals surface area contributed by atoms with Crippen LogP contribution in [0.3, 0.4) is 0 Å². The second-order valence-corrected chi connectivity index (χ2v) is 7.61. The summed E-state index contributed by atoms with van der Waals surface area (Å²) < 4.78 is 2.61. The van der Waals surface area contributed by atoms with Gasteiger partial charge in [-0.25, -0.2) is 15.2 Å². The zero-order valence-corrected chi connectivity index (χ0v) is 15.2. The molecule has 3 aromatic heterocycles. The van der Waals surface area contributed by atoms with Gasteiger partial charge in [0, 0.05) is 12.4 Å². The third kappa shape index (κ3) is 4.05. The molecule has 0 aliphatic carbocycles. The van der Waals surface area contributed by atoms with Crippen molar-refractivity contribution in [3.05, 3.63) is 56.0 Å². The smallest absolute Gasteiger partial charge is 0.331 e. The van der Waals surface area contributed by atoms with Crippen LogP contribution < -0.4 is 16.2 Å². The Bertz CT molecular complexity index is 910. The van der Waals surface area contributed by atoms with Gasteiger partial charge < -0.3 is 9.72 Å². The molecule has 0 saturated carbocycles. The van der Waals surface area contributed by atoms with Gasteiger partial charge in [0.25, 0.3) is 5.91 Å². The van der Waals surface area contributed by atoms with E-state index in [0.717, 1.165) is 9.43 Å². The van der Waals surface area contributed by atoms with E-state index in [1.807, 2.05) is 0 Å². The first-order chi connectivity index (χ1) is 11.5. The molecule has 3 heterocycles. The van der Waals surface area contributed by atoms with Gasteiger partial charge in [-0.3, -0.25) is 10.2 Å². The lowest BCUT2D eigenvalue weighted by Crippen LogP contribution is -2.46. The molecule has 7 nitrogen and oxygen atoms in total. The van der Waals surface area contributed by atoms with Crippen molar-refractivity contribution in [3.8, 4) is 0 Å². The van der Waals surface area contributed by atoms with Gasteiger partial charge in [0.1, 0.15) is 5.65 Å². The van der Waals surface area contributed by atoms with Crippen LogP contribution in [0.2, 0.25) is 5.02 Å². The molecular weight excluding hydrogens is 418 g/mol. The molecule has 3 N–H and O–H groups in total. The molecule has 0 fully saturated rings. The van der Waals surface area contributed by atoms with E-state index < -0.39 is 6.03 Å². The van der Waals surface area contributed by atoms with Crippen molar-refractivity contribution in [2.75, 3.05) is 0 Å². The van der Waals surface area contributed by atoms with E-state index in [-0.39, 0.29) is 12.5 Å². The molecule has 0 atom stereocenters. The molecule has 0 bridgehead atoms. The van der Waals surface area contributed by atoms with Gasteiger partial charge in [-0.15, -0.1) is 11.3 Å². The maximum absolute atomic E-state index is 11.8. The molecule has 124 valence electrons. The van der Waals surface area contributed by atoms with Gasteiger partial charge >= 0.3 is 6.03 Å². The summed E-state index contributed by atoms with van der Waals surface area (Å²) in [7, 11) is 0. The SMILES string of the molecule is O=C(NCc1cn2cc(Cl)ccc2n1)NNC(=O)c1ccc(Br)s1. The van der Waals surface area contributed by atoms with Gasteiger partial charge in [0.2, 0.25) is 0 Å². The highest BCUT2D eigenvalue weighted by Crippen LogP contribution is 2.21. The number of nitrogens with zero attached hydrogens (tertiary/aromatic N) is 2. The summed E-state index contributed by atoms with van der Waals surface area (Å²) in [6, 6.07) is 6.41. The highest BCUT2D eigenvalue weighted by Gasteiger charge is 2.10. The number of thiophene rings is 1. The number of hydrogen-bond donors (Lipinski definition) is 3. The van der Waals surface area contributed by atoms with E-state index >= 15 is 0 Å². The fourth-order valence-electron chi connectivity index (χ4n) is 1.93. The average molecular weight is 429 g/mol. The summed E-state index contributed by atoms with van der Waals surface area (Å²) in [4.78, 5) is 28.3. The maximum Gasteiger partial charge on any atom is 0.333 e. The number of aromatic nitrogens is 2. The van der Waals surface area contributed by atoms with Crippen molar-refractivity contribution in [1.82, 2.24) is 25.6 Å². The van der Waals surface area contributed by atoms with Gasteiger partial charge in [0.15, 0.2) is 0 Å². The monoisotopic (exact) mass is 427 g/mol. The molecule has 24 heavy (non-hydrogen) atoms. The number of halogens is 2. The Morgan fingerprint density at radius 2 is 2.04 bits per heavy atom. The first-order valence-electron chi connectivity index (χ1n) is 6.74. The predicted octanol–water partition coefficient (Wildman–Crippen LogP) is 2.96. The second-order valence-electron chi connectivity index (χ2n) is 4.71. The number of urea groups is 1. The number of carbonyl (C=O) groups excluding carboxylic acids is 2. The fourth-order valence-corrected chi connectivity index (χ4v) is 3.38. The lowest BCUT2D eigenvalue weighted by atomic mass is 10.4. The van der Waals surface area contributed by atoms with Crippen molar-refractivity contribution in [2.45, 2.75) is 6.54 Å². The maximum atomic E-state index is 11.8. The van der Waals surface area contributed by atoms with Crippen LogP contribution in [0.1, 0.15) is 15.4 Å². The lowest BCUT2D eigenvalue weighted by Gasteiger charge is -2.07. The fraction of sp³-hybridized carbons (Fsp3) is 0.0714. The number of imidazole rings is 1. The first kappa shape index (κ1) is 16.7. The highest BCUT2D eigenvalue weighted by atomic mass is 79.9. The third-order valence-electron chi connectivity index (χ3n) is 2.98. The Balaban J connectivity index is 1.50. The standard InChI is InChI=1S/C14H11BrClN5O2S/c15-11-3-2-10(24-11)13(22)19-20-14(23)17-5-9-7-21-6-8(16)1-4-12(21)18-9/h1-4,6-7H,5H2,(H,19,22)(H2,17,20,23). The summed E-state index contributed by atoms with van der Waals surface area (Å²) >= 11 is 10.5. The molecule has 0 aromatic carbocycles. The topological polar surface area (TPSA) is 87.5 Å². The molecule has 0 spiro atoms. The van der Waals surface area contributed by atoms with Crippen molar-refractivity contribution in [3.63, 3.8) is 0 Å². The van der Waals surface area contributed by atoms with Crippen LogP contribution >= 0.6 is 38.9 Å². The molecule has 0 aliphatic rings. The lowest BCUT2D eigenvalue weighted by molar-refractivity contribution is 0.0940. The summed E-state index contributed by atoms with van der Waals surface area (Å²) in [6.45, 7) is 0.214. The first-order valence-corrected chi connectivity index (χ1v) is 8.72. The Morgan fingerprint density at radius 1 is 1.21 bits per heavy atom. The zero-order valence-electron chi connectivity index (χ0n) is 12.0. The van der Waals surface area contributed by atoms with E-state index in [1.165, 1.54) is 11.3 Å². The van der Waals surface area contributed by atoms with E-state index in [2.05, 4.69) is 37.1 Å². The molecule has 10 heteroatoms. The zero-order chi connectivity index (χ0) is 17.1. The largest absolute Gasteiger partial charge is 0.333 e. The van der Waals surface area contributed by atoms with Crippen LogP contribution in [0.5, 0.6) is 0 Å². The van der Waals surface area contributed by atoms with E-state index in [4.69, 9.17) is 11.6 Å². The van der Waals surface area contributed by atoms with Crippen molar-refractivity contribution in [2.24, 2.45) is 0 Å². The van der Waals surface area contributed by atoms with Crippen LogP contribution in [-0.2, 0) is 6.54 Å².